The predicted molar refractivity (Wildman–Crippen MR) is 105 cm³/mol. The van der Waals surface area contributed by atoms with Gasteiger partial charge in [0.05, 0.1) is 6.54 Å². The number of carbonyl (C=O) groups excluding carboxylic acids is 1. The van der Waals surface area contributed by atoms with Crippen LogP contribution in [0.4, 0.5) is 0 Å². The second-order valence-corrected chi connectivity index (χ2v) is 7.36. The number of aromatic nitrogens is 4. The molecule has 0 radical (unpaired) electrons. The van der Waals surface area contributed by atoms with Gasteiger partial charge in [-0.2, -0.15) is 4.98 Å². The fourth-order valence-electron chi connectivity index (χ4n) is 2.80. The summed E-state index contributed by atoms with van der Waals surface area (Å²) in [5.41, 5.74) is -0.790. The molecule has 1 amide bonds. The minimum atomic E-state index is -0.547. The number of carbonyl (C=O) groups is 1. The lowest BCUT2D eigenvalue weighted by Gasteiger charge is -2.21. The van der Waals surface area contributed by atoms with Crippen LogP contribution in [0, 0.1) is 0 Å². The minimum Gasteiger partial charge on any atom is -0.332 e. The Balaban J connectivity index is 2.01. The highest BCUT2D eigenvalue weighted by atomic mass is 35.5. The Kier molecular flexibility index (Phi) is 5.33. The first-order valence-corrected chi connectivity index (χ1v) is 9.33. The molecule has 3 heterocycles. The zero-order valence-corrected chi connectivity index (χ0v) is 16.5. The quantitative estimate of drug-likeness (QED) is 0.456. The van der Waals surface area contributed by atoms with Crippen LogP contribution in [-0.2, 0) is 32.0 Å². The maximum atomic E-state index is 12.9. The molecule has 3 aromatic rings. The van der Waals surface area contributed by atoms with Gasteiger partial charge in [-0.25, -0.2) is 4.79 Å². The standard InChI is InChI=1S/C17H18ClN5O3S/c1-4-7-22(9-11-6-5-8-27-11)12(24)10-23-13-14(19-16(23)18)20(2)17(26)21(3)15(13)25/h4-6,8H,1,7,9-10H2,2-3H3. The third kappa shape index (κ3) is 3.47. The number of amides is 1. The van der Waals surface area contributed by atoms with Crippen LogP contribution in [0.1, 0.15) is 4.88 Å². The summed E-state index contributed by atoms with van der Waals surface area (Å²) in [5, 5.41) is 1.92. The number of thiophene rings is 1. The van der Waals surface area contributed by atoms with Crippen LogP contribution in [-0.4, -0.2) is 36.0 Å². The van der Waals surface area contributed by atoms with Gasteiger partial charge in [0.25, 0.3) is 5.56 Å². The van der Waals surface area contributed by atoms with E-state index in [9.17, 15) is 14.4 Å². The molecule has 10 heteroatoms. The molecule has 0 aliphatic carbocycles. The van der Waals surface area contributed by atoms with E-state index in [-0.39, 0.29) is 28.9 Å². The maximum Gasteiger partial charge on any atom is 0.332 e. The zero-order chi connectivity index (χ0) is 19.7. The summed E-state index contributed by atoms with van der Waals surface area (Å²) in [4.78, 5) is 44.2. The number of hydrogen-bond donors (Lipinski definition) is 0. The van der Waals surface area contributed by atoms with E-state index in [1.54, 1.807) is 22.3 Å². The molecule has 27 heavy (non-hydrogen) atoms. The number of halogens is 1. The monoisotopic (exact) mass is 407 g/mol. The molecule has 0 unspecified atom stereocenters. The first-order valence-electron chi connectivity index (χ1n) is 8.08. The molecule has 0 bridgehead atoms. The first kappa shape index (κ1) is 19.1. The van der Waals surface area contributed by atoms with E-state index in [0.717, 1.165) is 9.44 Å². The predicted octanol–water partition coefficient (Wildman–Crippen LogP) is 1.36. The Labute approximate surface area is 163 Å². The van der Waals surface area contributed by atoms with Crippen LogP contribution in [0.25, 0.3) is 11.2 Å². The summed E-state index contributed by atoms with van der Waals surface area (Å²) >= 11 is 7.74. The molecule has 0 fully saturated rings. The van der Waals surface area contributed by atoms with Gasteiger partial charge < -0.3 is 4.90 Å². The van der Waals surface area contributed by atoms with Gasteiger partial charge in [0, 0.05) is 25.5 Å². The van der Waals surface area contributed by atoms with E-state index >= 15 is 0 Å². The van der Waals surface area contributed by atoms with E-state index < -0.39 is 11.2 Å². The van der Waals surface area contributed by atoms with Gasteiger partial charge in [-0.05, 0) is 23.0 Å². The second-order valence-electron chi connectivity index (χ2n) is 5.99. The van der Waals surface area contributed by atoms with Crippen molar-refractivity contribution in [3.05, 3.63) is 61.2 Å². The number of imidazole rings is 1. The van der Waals surface area contributed by atoms with Crippen molar-refractivity contribution < 1.29 is 4.79 Å². The van der Waals surface area contributed by atoms with Crippen molar-refractivity contribution in [3.8, 4) is 0 Å². The molecule has 3 aromatic heterocycles. The molecule has 8 nitrogen and oxygen atoms in total. The van der Waals surface area contributed by atoms with Crippen LogP contribution in [0.15, 0.2) is 39.8 Å². The van der Waals surface area contributed by atoms with Crippen molar-refractivity contribution in [2.24, 2.45) is 14.1 Å². The lowest BCUT2D eigenvalue weighted by molar-refractivity contribution is -0.131. The molecule has 142 valence electrons. The minimum absolute atomic E-state index is 0.0219. The molecule has 0 saturated heterocycles. The van der Waals surface area contributed by atoms with Gasteiger partial charge in [0.1, 0.15) is 6.54 Å². The van der Waals surface area contributed by atoms with Gasteiger partial charge in [-0.15, -0.1) is 17.9 Å². The summed E-state index contributed by atoms with van der Waals surface area (Å²) in [6, 6.07) is 3.86. The van der Waals surface area contributed by atoms with Crippen molar-refractivity contribution in [3.63, 3.8) is 0 Å². The van der Waals surface area contributed by atoms with Crippen LogP contribution in [0.5, 0.6) is 0 Å². The topological polar surface area (TPSA) is 82.1 Å². The van der Waals surface area contributed by atoms with E-state index in [1.807, 2.05) is 17.5 Å². The number of hydrogen-bond acceptors (Lipinski definition) is 5. The van der Waals surface area contributed by atoms with Crippen molar-refractivity contribution in [2.45, 2.75) is 13.1 Å². The van der Waals surface area contributed by atoms with Gasteiger partial charge in [0.15, 0.2) is 11.2 Å². The van der Waals surface area contributed by atoms with Gasteiger partial charge in [0.2, 0.25) is 11.2 Å². The lowest BCUT2D eigenvalue weighted by Crippen LogP contribution is -2.38. The summed E-state index contributed by atoms with van der Waals surface area (Å²) in [6.45, 7) is 4.32. The molecule has 0 N–H and O–H groups in total. The van der Waals surface area contributed by atoms with Crippen LogP contribution in [0.2, 0.25) is 5.28 Å². The third-order valence-corrected chi connectivity index (χ3v) is 5.37. The Morgan fingerprint density at radius 2 is 2.11 bits per heavy atom. The molecular weight excluding hydrogens is 390 g/mol. The van der Waals surface area contributed by atoms with Gasteiger partial charge in [-0.1, -0.05) is 12.1 Å². The first-order chi connectivity index (χ1) is 12.8. The Bertz CT molecular complexity index is 1130. The number of rotatable bonds is 6. The van der Waals surface area contributed by atoms with E-state index in [2.05, 4.69) is 11.6 Å². The highest BCUT2D eigenvalue weighted by Crippen LogP contribution is 2.17. The van der Waals surface area contributed by atoms with E-state index in [1.165, 1.54) is 23.2 Å². The molecule has 0 spiro atoms. The summed E-state index contributed by atoms with van der Waals surface area (Å²) < 4.78 is 3.54. The SMILES string of the molecule is C=CCN(Cc1cccs1)C(=O)Cn1c(Cl)nc2c1c(=O)n(C)c(=O)n2C. The summed E-state index contributed by atoms with van der Waals surface area (Å²) in [6.07, 6.45) is 1.64. The van der Waals surface area contributed by atoms with Gasteiger partial charge in [-0.3, -0.25) is 23.3 Å². The number of nitrogens with zero attached hydrogens (tertiary/aromatic N) is 5. The normalized spacial score (nSPS) is 11.1. The zero-order valence-electron chi connectivity index (χ0n) is 14.9. The van der Waals surface area contributed by atoms with E-state index in [0.29, 0.717) is 13.1 Å². The molecule has 0 aliphatic heterocycles. The van der Waals surface area contributed by atoms with Crippen molar-refractivity contribution in [1.29, 1.82) is 0 Å². The Morgan fingerprint density at radius 3 is 2.74 bits per heavy atom. The Hall–Kier alpha value is -2.65. The number of fused-ring (bicyclic) bond motifs is 1. The van der Waals surface area contributed by atoms with Crippen LogP contribution in [0.3, 0.4) is 0 Å². The lowest BCUT2D eigenvalue weighted by atomic mass is 10.3. The highest BCUT2D eigenvalue weighted by Gasteiger charge is 2.22. The van der Waals surface area contributed by atoms with Crippen molar-refractivity contribution >= 4 is 40.0 Å². The molecule has 0 aliphatic rings. The summed E-state index contributed by atoms with van der Waals surface area (Å²) in [7, 11) is 2.87. The average Bonchev–Trinajstić information content (AvgIpc) is 3.26. The largest absolute Gasteiger partial charge is 0.332 e. The number of aryl methyl sites for hydroxylation is 1. The van der Waals surface area contributed by atoms with Crippen molar-refractivity contribution in [1.82, 2.24) is 23.6 Å². The van der Waals surface area contributed by atoms with Gasteiger partial charge >= 0.3 is 5.69 Å². The smallest absolute Gasteiger partial charge is 0.332 e. The maximum absolute atomic E-state index is 12.9. The molecular formula is C17H18ClN5O3S. The Morgan fingerprint density at radius 1 is 1.37 bits per heavy atom. The average molecular weight is 408 g/mol. The molecule has 0 atom stereocenters. The second kappa shape index (κ2) is 7.53. The van der Waals surface area contributed by atoms with Crippen LogP contribution < -0.4 is 11.2 Å². The van der Waals surface area contributed by atoms with E-state index in [4.69, 9.17) is 11.6 Å². The highest BCUT2D eigenvalue weighted by molar-refractivity contribution is 7.09. The summed E-state index contributed by atoms with van der Waals surface area (Å²) in [5.74, 6) is -0.236. The molecule has 0 aromatic carbocycles. The molecule has 0 saturated carbocycles. The van der Waals surface area contributed by atoms with Crippen LogP contribution >= 0.6 is 22.9 Å². The fourth-order valence-corrected chi connectivity index (χ4v) is 3.74. The molecule has 3 rings (SSSR count). The fraction of sp³-hybridized carbons (Fsp3) is 0.294. The third-order valence-electron chi connectivity index (χ3n) is 4.22. The van der Waals surface area contributed by atoms with Crippen molar-refractivity contribution in [2.75, 3.05) is 6.54 Å².